The first-order valence-electron chi connectivity index (χ1n) is 26.6. The maximum Gasteiger partial charge on any atom is 0.116 e. The van der Waals surface area contributed by atoms with Gasteiger partial charge < -0.3 is 10.6 Å². The van der Waals surface area contributed by atoms with Crippen LogP contribution >= 0.6 is 0 Å². The minimum Gasteiger partial charge on any atom is -0.324 e. The predicted octanol–water partition coefficient (Wildman–Crippen LogP) is 15.7. The molecule has 2 atom stereocenters. The van der Waals surface area contributed by atoms with Crippen molar-refractivity contribution in [2.75, 3.05) is 4.90 Å². The van der Waals surface area contributed by atoms with Crippen LogP contribution in [0.15, 0.2) is 204 Å². The van der Waals surface area contributed by atoms with Crippen LogP contribution < -0.4 is 16.1 Å². The maximum atomic E-state index is 7.85. The zero-order valence-corrected chi connectivity index (χ0v) is 44.8. The fourth-order valence-corrected chi connectivity index (χ4v) is 13.5. The van der Waals surface area contributed by atoms with Crippen LogP contribution in [0.4, 0.5) is 5.69 Å². The van der Waals surface area contributed by atoms with Crippen LogP contribution in [0.1, 0.15) is 150 Å². The topological polar surface area (TPSA) is 29.3 Å². The molecule has 0 saturated heterocycles. The van der Waals surface area contributed by atoms with Crippen molar-refractivity contribution in [3.05, 3.63) is 259 Å². The summed E-state index contributed by atoms with van der Waals surface area (Å²) >= 11 is 0. The zero-order valence-electron chi connectivity index (χ0n) is 44.8. The summed E-state index contributed by atoms with van der Waals surface area (Å²) in [6.45, 7) is 23.7. The summed E-state index contributed by atoms with van der Waals surface area (Å²) < 4.78 is 0. The fourth-order valence-electron chi connectivity index (χ4n) is 13.5. The Labute approximate surface area is 438 Å². The summed E-state index contributed by atoms with van der Waals surface area (Å²) in [7, 11) is 7.59. The molecule has 2 nitrogen and oxygen atoms in total. The van der Waals surface area contributed by atoms with E-state index in [2.05, 4.69) is 244 Å². The van der Waals surface area contributed by atoms with E-state index in [0.29, 0.717) is 5.46 Å². The highest BCUT2D eigenvalue weighted by molar-refractivity contribution is 6.36. The zero-order chi connectivity index (χ0) is 51.6. The summed E-state index contributed by atoms with van der Waals surface area (Å²) in [5.41, 5.74) is 30.6. The molecule has 3 aliphatic carbocycles. The molecule has 1 heterocycles. The van der Waals surface area contributed by atoms with Gasteiger partial charge in [0.2, 0.25) is 0 Å². The molecule has 2 unspecified atom stereocenters. The molecule has 0 fully saturated rings. The number of allylic oxidation sites excluding steroid dienone is 8. The number of benzene rings is 6. The van der Waals surface area contributed by atoms with Crippen molar-refractivity contribution in [1.29, 1.82) is 0 Å². The highest BCUT2D eigenvalue weighted by Gasteiger charge is 2.48. The molecule has 0 aromatic heterocycles. The standard InChI is InChI=1S/C70H71BN2/c1-12-14-34-55-47(5)73(66-58(36-25-37-61(66)71)70(55,49-28-17-15-18-29-49)50-30-19-16-20-31-50)63(26-13-2)65(48-38-39-57-60(42-48)68(8,9)41-40-67(57,6)7)64(46(4)51-32-22-21-27-45(51)3)54-43-53-52-33-23-24-35-56(52)69(10,11)59(53)44-62(54)72/h1,14-39,42-43,46,62H,13,40-41,44,72H2,2-11H3/b34-14-,63-26+,65-64+. The Morgan fingerprint density at radius 3 is 2.03 bits per heavy atom. The summed E-state index contributed by atoms with van der Waals surface area (Å²) in [5, 5.41) is 0. The second kappa shape index (κ2) is 18.9. The van der Waals surface area contributed by atoms with Gasteiger partial charge in [0.15, 0.2) is 0 Å². The van der Waals surface area contributed by atoms with Crippen molar-refractivity contribution in [3.8, 4) is 12.3 Å². The van der Waals surface area contributed by atoms with Crippen LogP contribution in [-0.4, -0.2) is 13.9 Å². The third-order valence-electron chi connectivity index (χ3n) is 17.4. The Morgan fingerprint density at radius 1 is 0.753 bits per heavy atom. The summed E-state index contributed by atoms with van der Waals surface area (Å²) in [5.74, 6) is 2.83. The number of hydrogen-bond donors (Lipinski definition) is 1. The average molecular weight is 951 g/mol. The molecule has 0 spiro atoms. The number of aryl methyl sites for hydroxylation is 1. The van der Waals surface area contributed by atoms with E-state index < -0.39 is 5.41 Å². The van der Waals surface area contributed by atoms with E-state index in [-0.39, 0.29) is 28.2 Å². The van der Waals surface area contributed by atoms with Crippen LogP contribution in [-0.2, 0) is 21.7 Å². The summed E-state index contributed by atoms with van der Waals surface area (Å²) in [4.78, 5) is 2.50. The molecule has 2 radical (unpaired) electrons. The molecule has 3 heteroatoms. The van der Waals surface area contributed by atoms with Crippen LogP contribution in [0.2, 0.25) is 0 Å². The van der Waals surface area contributed by atoms with Crippen LogP contribution in [0.25, 0.3) is 11.1 Å². The Hall–Kier alpha value is -6.86. The molecule has 10 rings (SSSR count). The van der Waals surface area contributed by atoms with E-state index in [4.69, 9.17) is 20.0 Å². The van der Waals surface area contributed by atoms with Gasteiger partial charge in [0, 0.05) is 40.0 Å². The van der Waals surface area contributed by atoms with Crippen LogP contribution in [0.3, 0.4) is 0 Å². The molecular weight excluding hydrogens is 880 g/mol. The highest BCUT2D eigenvalue weighted by atomic mass is 15.2. The molecule has 4 aliphatic rings. The van der Waals surface area contributed by atoms with Gasteiger partial charge in [-0.1, -0.05) is 224 Å². The molecule has 0 bridgehead atoms. The molecule has 1 aliphatic heterocycles. The molecule has 6 aromatic rings. The normalized spacial score (nSPS) is 20.1. The monoisotopic (exact) mass is 951 g/mol. The van der Waals surface area contributed by atoms with Crippen molar-refractivity contribution < 1.29 is 0 Å². The van der Waals surface area contributed by atoms with Crippen LogP contribution in [0, 0.1) is 19.3 Å². The molecule has 364 valence electrons. The van der Waals surface area contributed by atoms with Crippen molar-refractivity contribution in [3.63, 3.8) is 0 Å². The van der Waals surface area contributed by atoms with Gasteiger partial charge >= 0.3 is 0 Å². The van der Waals surface area contributed by atoms with Gasteiger partial charge in [0.05, 0.1) is 5.41 Å². The maximum absolute atomic E-state index is 7.85. The Kier molecular flexibility index (Phi) is 12.9. The van der Waals surface area contributed by atoms with Gasteiger partial charge in [-0.25, -0.2) is 0 Å². The molecule has 0 saturated carbocycles. The van der Waals surface area contributed by atoms with Crippen molar-refractivity contribution in [1.82, 2.24) is 0 Å². The Balaban J connectivity index is 1.39. The summed E-state index contributed by atoms with van der Waals surface area (Å²) in [6.07, 6.45) is 19.0. The van der Waals surface area contributed by atoms with Gasteiger partial charge in [-0.15, -0.1) is 6.42 Å². The van der Waals surface area contributed by atoms with E-state index in [9.17, 15) is 0 Å². The van der Waals surface area contributed by atoms with Gasteiger partial charge in [-0.2, -0.15) is 0 Å². The lowest BCUT2D eigenvalue weighted by Gasteiger charge is -2.48. The number of nitrogens with two attached hydrogens (primary N) is 1. The first-order chi connectivity index (χ1) is 35.0. The minimum atomic E-state index is -0.777. The first kappa shape index (κ1) is 49.7. The van der Waals surface area contributed by atoms with E-state index in [1.807, 2.05) is 6.08 Å². The quantitative estimate of drug-likeness (QED) is 0.0842. The third-order valence-corrected chi connectivity index (χ3v) is 17.4. The second-order valence-corrected chi connectivity index (χ2v) is 22.9. The van der Waals surface area contributed by atoms with Crippen molar-refractivity contribution >= 4 is 30.1 Å². The Morgan fingerprint density at radius 2 is 1.37 bits per heavy atom. The number of anilines is 1. The number of para-hydroxylation sites is 1. The van der Waals surface area contributed by atoms with E-state index in [1.165, 1.54) is 61.2 Å². The minimum absolute atomic E-state index is 0.0302. The Bertz CT molecular complexity index is 3360. The van der Waals surface area contributed by atoms with Gasteiger partial charge in [0.1, 0.15) is 7.85 Å². The lowest BCUT2D eigenvalue weighted by molar-refractivity contribution is 0.332. The largest absolute Gasteiger partial charge is 0.324 e. The highest BCUT2D eigenvalue weighted by Crippen LogP contribution is 2.58. The first-order valence-corrected chi connectivity index (χ1v) is 26.6. The van der Waals surface area contributed by atoms with Gasteiger partial charge in [-0.3, -0.25) is 0 Å². The number of fused-ring (bicyclic) bond motifs is 4. The molecular formula is C70H71BN2. The molecule has 6 aromatic carbocycles. The number of nitrogens with zero attached hydrogens (tertiary/aromatic N) is 1. The molecule has 2 N–H and O–H groups in total. The van der Waals surface area contributed by atoms with Gasteiger partial charge in [0.25, 0.3) is 0 Å². The van der Waals surface area contributed by atoms with E-state index >= 15 is 0 Å². The third kappa shape index (κ3) is 8.00. The lowest BCUT2D eigenvalue weighted by Crippen LogP contribution is -2.43. The van der Waals surface area contributed by atoms with Gasteiger partial charge in [-0.05, 0) is 147 Å². The number of terminal acetylenes is 1. The fraction of sp³-hybridized carbons (Fsp3) is 0.286. The van der Waals surface area contributed by atoms with Crippen molar-refractivity contribution in [2.45, 2.75) is 129 Å². The number of rotatable bonds is 10. The van der Waals surface area contributed by atoms with E-state index in [1.54, 1.807) is 0 Å². The summed E-state index contributed by atoms with van der Waals surface area (Å²) in [6, 6.07) is 53.3. The van der Waals surface area contributed by atoms with Crippen LogP contribution in [0.5, 0.6) is 0 Å². The predicted molar refractivity (Wildman–Crippen MR) is 311 cm³/mol. The van der Waals surface area contributed by atoms with E-state index in [0.717, 1.165) is 70.6 Å². The number of hydrogen-bond acceptors (Lipinski definition) is 2. The molecule has 73 heavy (non-hydrogen) atoms. The van der Waals surface area contributed by atoms with Crippen molar-refractivity contribution in [2.24, 2.45) is 5.73 Å². The smallest absolute Gasteiger partial charge is 0.116 e. The lowest BCUT2D eigenvalue weighted by atomic mass is 9.60. The second-order valence-electron chi connectivity index (χ2n) is 22.9. The average Bonchev–Trinajstić information content (AvgIpc) is 3.60. The SMILES string of the molecule is [B]c1cccc2c1N(C(=C/CC)/C(=C(/C1=CC3=C(CC1N)C(C)(C)c1ccccc13)C(C)c1ccccc1C)c1ccc3c(c1)C(C)(C)CCC3(C)C)C(C)=C(/C=C\C#C)C2(c1ccccc1)c1ccccc1. The molecule has 0 amide bonds.